The molecule has 1 aromatic heterocycles. The van der Waals surface area contributed by atoms with Gasteiger partial charge in [-0.2, -0.15) is 0 Å². The van der Waals surface area contributed by atoms with Crippen molar-refractivity contribution < 1.29 is 4.79 Å². The number of aromatic nitrogens is 2. The van der Waals surface area contributed by atoms with E-state index >= 15 is 0 Å². The third-order valence-corrected chi connectivity index (χ3v) is 3.46. The Morgan fingerprint density at radius 1 is 1.50 bits per heavy atom. The van der Waals surface area contributed by atoms with E-state index in [0.29, 0.717) is 12.5 Å². The second-order valence-electron chi connectivity index (χ2n) is 5.41. The van der Waals surface area contributed by atoms with Crippen LogP contribution in [-0.4, -0.2) is 59.5 Å². The summed E-state index contributed by atoms with van der Waals surface area (Å²) in [5.41, 5.74) is 0. The van der Waals surface area contributed by atoms with E-state index in [1.54, 1.807) is 0 Å². The lowest BCUT2D eigenvalue weighted by atomic mass is 9.97. The first-order valence-corrected chi connectivity index (χ1v) is 6.45. The predicted molar refractivity (Wildman–Crippen MR) is 70.2 cm³/mol. The van der Waals surface area contributed by atoms with Gasteiger partial charge in [0.25, 0.3) is 0 Å². The summed E-state index contributed by atoms with van der Waals surface area (Å²) >= 11 is 0. The molecule has 1 aliphatic heterocycles. The number of nitrogens with zero attached hydrogens (tertiary/aromatic N) is 4. The van der Waals surface area contributed by atoms with Crippen LogP contribution in [0.1, 0.15) is 12.2 Å². The molecule has 0 aromatic carbocycles. The number of hydrogen-bond donors (Lipinski definition) is 0. The summed E-state index contributed by atoms with van der Waals surface area (Å²) in [7, 11) is 5.74. The lowest BCUT2D eigenvalue weighted by molar-refractivity contribution is -0.131. The van der Waals surface area contributed by atoms with Gasteiger partial charge in [0.05, 0.1) is 6.54 Å². The minimum absolute atomic E-state index is 0.189. The number of likely N-dealkylation sites (N-methyl/N-ethyl adjacent to an activating group) is 2. The van der Waals surface area contributed by atoms with Crippen molar-refractivity contribution in [2.45, 2.75) is 19.4 Å². The van der Waals surface area contributed by atoms with E-state index in [-0.39, 0.29) is 5.91 Å². The second-order valence-corrected chi connectivity index (χ2v) is 5.41. The number of carbonyl (C=O) groups is 1. The van der Waals surface area contributed by atoms with Crippen molar-refractivity contribution in [2.75, 3.05) is 34.2 Å². The van der Waals surface area contributed by atoms with Gasteiger partial charge in [0.2, 0.25) is 5.91 Å². The summed E-state index contributed by atoms with van der Waals surface area (Å²) in [5.74, 6) is 1.88. The average Bonchev–Trinajstić information content (AvgIpc) is 2.75. The van der Waals surface area contributed by atoms with Crippen LogP contribution in [0.25, 0.3) is 0 Å². The number of carbonyl (C=O) groups excluding carboxylic acids is 1. The van der Waals surface area contributed by atoms with Crippen molar-refractivity contribution >= 4 is 5.91 Å². The van der Waals surface area contributed by atoms with E-state index in [9.17, 15) is 4.79 Å². The molecule has 0 spiro atoms. The zero-order valence-electron chi connectivity index (χ0n) is 11.5. The molecule has 0 fully saturated rings. The van der Waals surface area contributed by atoms with Gasteiger partial charge >= 0.3 is 0 Å². The number of fused-ring (bicyclic) bond motifs is 1. The van der Waals surface area contributed by atoms with Crippen LogP contribution in [0.2, 0.25) is 0 Å². The number of amides is 1. The lowest BCUT2D eigenvalue weighted by Crippen LogP contribution is -2.39. The quantitative estimate of drug-likeness (QED) is 0.780. The lowest BCUT2D eigenvalue weighted by Gasteiger charge is -2.28. The van der Waals surface area contributed by atoms with Crippen molar-refractivity contribution in [3.8, 4) is 0 Å². The van der Waals surface area contributed by atoms with Gasteiger partial charge in [-0.05, 0) is 26.4 Å². The standard InChI is InChI=1S/C13H22N4O/c1-15(2)10-13(18)16(3)9-11-4-6-17-7-5-14-12(17)8-11/h5,7,11H,4,6,8-10H2,1-3H3/t11-/m0/s1. The smallest absolute Gasteiger partial charge is 0.236 e. The van der Waals surface area contributed by atoms with Crippen molar-refractivity contribution in [3.05, 3.63) is 18.2 Å². The van der Waals surface area contributed by atoms with Gasteiger partial charge < -0.3 is 14.4 Å². The SMILES string of the molecule is CN(C)CC(=O)N(C)C[C@H]1CCn2ccnc2C1. The third-order valence-electron chi connectivity index (χ3n) is 3.46. The molecule has 0 unspecified atom stereocenters. The largest absolute Gasteiger partial charge is 0.344 e. The molecule has 1 amide bonds. The van der Waals surface area contributed by atoms with Crippen LogP contribution in [0.15, 0.2) is 12.4 Å². The third kappa shape index (κ3) is 3.10. The minimum Gasteiger partial charge on any atom is -0.344 e. The van der Waals surface area contributed by atoms with E-state index in [1.165, 1.54) is 0 Å². The molecule has 0 saturated carbocycles. The monoisotopic (exact) mass is 250 g/mol. The van der Waals surface area contributed by atoms with Gasteiger partial charge in [-0.25, -0.2) is 4.98 Å². The molecule has 5 nitrogen and oxygen atoms in total. The fraction of sp³-hybridized carbons (Fsp3) is 0.692. The number of imidazole rings is 1. The maximum Gasteiger partial charge on any atom is 0.236 e. The van der Waals surface area contributed by atoms with Gasteiger partial charge in [-0.15, -0.1) is 0 Å². The maximum absolute atomic E-state index is 11.9. The van der Waals surface area contributed by atoms with Gasteiger partial charge in [0.15, 0.2) is 0 Å². The molecular weight excluding hydrogens is 228 g/mol. The summed E-state index contributed by atoms with van der Waals surface area (Å²) in [5, 5.41) is 0. The summed E-state index contributed by atoms with van der Waals surface area (Å²) in [6, 6.07) is 0. The first kappa shape index (κ1) is 13.1. The van der Waals surface area contributed by atoms with Gasteiger partial charge in [0.1, 0.15) is 5.82 Å². The van der Waals surface area contributed by atoms with Crippen LogP contribution >= 0.6 is 0 Å². The summed E-state index contributed by atoms with van der Waals surface area (Å²) < 4.78 is 2.21. The summed E-state index contributed by atoms with van der Waals surface area (Å²) in [6.45, 7) is 2.34. The molecule has 0 aliphatic carbocycles. The van der Waals surface area contributed by atoms with Crippen molar-refractivity contribution in [2.24, 2.45) is 5.92 Å². The van der Waals surface area contributed by atoms with Crippen molar-refractivity contribution in [1.82, 2.24) is 19.4 Å². The molecule has 0 saturated heterocycles. The van der Waals surface area contributed by atoms with Crippen molar-refractivity contribution in [1.29, 1.82) is 0 Å². The molecule has 0 bridgehead atoms. The number of aryl methyl sites for hydroxylation is 1. The minimum atomic E-state index is 0.189. The molecule has 2 rings (SSSR count). The zero-order valence-corrected chi connectivity index (χ0v) is 11.5. The van der Waals surface area contributed by atoms with Crippen LogP contribution < -0.4 is 0 Å². The molecule has 1 aromatic rings. The zero-order chi connectivity index (χ0) is 13.1. The topological polar surface area (TPSA) is 41.4 Å². The number of rotatable bonds is 4. The van der Waals surface area contributed by atoms with Crippen LogP contribution in [-0.2, 0) is 17.8 Å². The molecule has 1 aliphatic rings. The highest BCUT2D eigenvalue weighted by Gasteiger charge is 2.22. The molecule has 0 radical (unpaired) electrons. The maximum atomic E-state index is 11.9. The molecule has 100 valence electrons. The van der Waals surface area contributed by atoms with Crippen molar-refractivity contribution in [3.63, 3.8) is 0 Å². The molecule has 5 heteroatoms. The van der Waals surface area contributed by atoms with E-state index in [0.717, 1.165) is 31.8 Å². The van der Waals surface area contributed by atoms with Gasteiger partial charge in [-0.1, -0.05) is 0 Å². The Morgan fingerprint density at radius 3 is 3.00 bits per heavy atom. The van der Waals surface area contributed by atoms with Crippen LogP contribution in [0.3, 0.4) is 0 Å². The Balaban J connectivity index is 1.86. The van der Waals surface area contributed by atoms with Gasteiger partial charge in [-0.3, -0.25) is 4.79 Å². The normalized spacial score (nSPS) is 18.8. The molecule has 1 atom stereocenters. The fourth-order valence-corrected chi connectivity index (χ4v) is 2.45. The Labute approximate surface area is 108 Å². The summed E-state index contributed by atoms with van der Waals surface area (Å²) in [4.78, 5) is 20.0. The molecule has 0 N–H and O–H groups in total. The summed E-state index contributed by atoms with van der Waals surface area (Å²) in [6.07, 6.45) is 6.00. The van der Waals surface area contributed by atoms with E-state index in [1.807, 2.05) is 43.3 Å². The first-order chi connectivity index (χ1) is 8.56. The Hall–Kier alpha value is -1.36. The molecule has 18 heavy (non-hydrogen) atoms. The predicted octanol–water partition coefficient (Wildman–Crippen LogP) is 0.466. The molecular formula is C13H22N4O. The Bertz CT molecular complexity index is 413. The van der Waals surface area contributed by atoms with Crippen LogP contribution in [0.5, 0.6) is 0 Å². The molecule has 2 heterocycles. The number of hydrogen-bond acceptors (Lipinski definition) is 3. The van der Waals surface area contributed by atoms with Crippen LogP contribution in [0, 0.1) is 5.92 Å². The Kier molecular flexibility index (Phi) is 4.01. The highest BCUT2D eigenvalue weighted by Crippen LogP contribution is 2.19. The van der Waals surface area contributed by atoms with E-state index in [4.69, 9.17) is 0 Å². The Morgan fingerprint density at radius 2 is 2.28 bits per heavy atom. The average molecular weight is 250 g/mol. The van der Waals surface area contributed by atoms with Gasteiger partial charge in [0, 0.05) is 39.0 Å². The fourth-order valence-electron chi connectivity index (χ4n) is 2.45. The highest BCUT2D eigenvalue weighted by molar-refractivity contribution is 5.77. The van der Waals surface area contributed by atoms with E-state index < -0.39 is 0 Å². The first-order valence-electron chi connectivity index (χ1n) is 6.45. The van der Waals surface area contributed by atoms with Crippen LogP contribution in [0.4, 0.5) is 0 Å². The highest BCUT2D eigenvalue weighted by atomic mass is 16.2. The second kappa shape index (κ2) is 5.52. The van der Waals surface area contributed by atoms with E-state index in [2.05, 4.69) is 9.55 Å².